The van der Waals surface area contributed by atoms with Gasteiger partial charge in [0.25, 0.3) is 0 Å². The Bertz CT molecular complexity index is 197. The third-order valence-corrected chi connectivity index (χ3v) is 4.38. The summed E-state index contributed by atoms with van der Waals surface area (Å²) in [4.78, 5) is 2.77. The van der Waals surface area contributed by atoms with E-state index in [2.05, 4.69) is 25.7 Å². The minimum Gasteiger partial charge on any atom is -0.330 e. The van der Waals surface area contributed by atoms with Crippen molar-refractivity contribution in [2.75, 3.05) is 19.6 Å². The van der Waals surface area contributed by atoms with Crippen LogP contribution in [0.3, 0.4) is 0 Å². The molecule has 0 heterocycles. The summed E-state index contributed by atoms with van der Waals surface area (Å²) in [6.45, 7) is 10.4. The molecule has 1 saturated carbocycles. The van der Waals surface area contributed by atoms with E-state index in [1.807, 2.05) is 0 Å². The topological polar surface area (TPSA) is 29.3 Å². The van der Waals surface area contributed by atoms with Crippen molar-refractivity contribution in [3.8, 4) is 0 Å². The van der Waals surface area contributed by atoms with Gasteiger partial charge in [0.15, 0.2) is 0 Å². The molecule has 0 bridgehead atoms. The van der Waals surface area contributed by atoms with Gasteiger partial charge in [0, 0.05) is 6.04 Å². The van der Waals surface area contributed by atoms with E-state index in [1.165, 1.54) is 58.0 Å². The Balaban J connectivity index is 2.29. The fourth-order valence-electron chi connectivity index (χ4n) is 2.93. The van der Waals surface area contributed by atoms with E-state index in [-0.39, 0.29) is 0 Å². The lowest BCUT2D eigenvalue weighted by molar-refractivity contribution is 0.182. The molecule has 2 N–H and O–H groups in total. The van der Waals surface area contributed by atoms with Gasteiger partial charge in [0.05, 0.1) is 0 Å². The monoisotopic (exact) mass is 254 g/mol. The van der Waals surface area contributed by atoms with Crippen molar-refractivity contribution in [1.82, 2.24) is 4.90 Å². The molecule has 1 unspecified atom stereocenters. The Hall–Kier alpha value is -0.0800. The Kier molecular flexibility index (Phi) is 7.92. The van der Waals surface area contributed by atoms with Gasteiger partial charge in [-0.2, -0.15) is 0 Å². The number of nitrogens with two attached hydrogens (primary N) is 1. The van der Waals surface area contributed by atoms with Gasteiger partial charge in [0.2, 0.25) is 0 Å². The van der Waals surface area contributed by atoms with Crippen molar-refractivity contribution in [3.63, 3.8) is 0 Å². The van der Waals surface area contributed by atoms with Crippen LogP contribution in [0.2, 0.25) is 0 Å². The molecule has 0 radical (unpaired) electrons. The van der Waals surface area contributed by atoms with Crippen molar-refractivity contribution in [2.45, 2.75) is 71.8 Å². The highest BCUT2D eigenvalue weighted by molar-refractivity contribution is 4.78. The van der Waals surface area contributed by atoms with Gasteiger partial charge < -0.3 is 10.6 Å². The highest BCUT2D eigenvalue weighted by atomic mass is 15.2. The Morgan fingerprint density at radius 3 is 2.28 bits per heavy atom. The summed E-state index contributed by atoms with van der Waals surface area (Å²) in [5, 5.41) is 0. The van der Waals surface area contributed by atoms with Crippen LogP contribution in [0.15, 0.2) is 0 Å². The lowest BCUT2D eigenvalue weighted by Crippen LogP contribution is -2.35. The molecule has 1 rings (SSSR count). The van der Waals surface area contributed by atoms with Crippen molar-refractivity contribution < 1.29 is 0 Å². The minimum absolute atomic E-state index is 0.695. The lowest BCUT2D eigenvalue weighted by Gasteiger charge is -2.29. The van der Waals surface area contributed by atoms with Gasteiger partial charge in [0.1, 0.15) is 0 Å². The van der Waals surface area contributed by atoms with Crippen LogP contribution in [-0.2, 0) is 0 Å². The van der Waals surface area contributed by atoms with E-state index in [0.717, 1.165) is 18.5 Å². The van der Waals surface area contributed by atoms with Crippen molar-refractivity contribution in [1.29, 1.82) is 0 Å². The zero-order valence-electron chi connectivity index (χ0n) is 12.8. The second kappa shape index (κ2) is 8.92. The molecule has 0 aromatic carbocycles. The molecule has 18 heavy (non-hydrogen) atoms. The fraction of sp³-hybridized carbons (Fsp3) is 1.00. The third kappa shape index (κ3) is 6.19. The Morgan fingerprint density at radius 2 is 1.72 bits per heavy atom. The van der Waals surface area contributed by atoms with Crippen LogP contribution in [0.25, 0.3) is 0 Å². The molecule has 0 saturated heterocycles. The predicted octanol–water partition coefficient (Wildman–Crippen LogP) is 3.65. The maximum atomic E-state index is 5.70. The highest BCUT2D eigenvalue weighted by Crippen LogP contribution is 2.24. The van der Waals surface area contributed by atoms with E-state index >= 15 is 0 Å². The summed E-state index contributed by atoms with van der Waals surface area (Å²) < 4.78 is 0. The smallest absolute Gasteiger partial charge is 0.00952 e. The summed E-state index contributed by atoms with van der Waals surface area (Å²) >= 11 is 0. The zero-order chi connectivity index (χ0) is 13.4. The molecule has 1 fully saturated rings. The number of hydrogen-bond acceptors (Lipinski definition) is 2. The minimum atomic E-state index is 0.695. The van der Waals surface area contributed by atoms with Gasteiger partial charge in [-0.25, -0.2) is 0 Å². The largest absolute Gasteiger partial charge is 0.330 e. The summed E-state index contributed by atoms with van der Waals surface area (Å²) in [6, 6.07) is 0.886. The van der Waals surface area contributed by atoms with Gasteiger partial charge in [-0.15, -0.1) is 0 Å². The molecular formula is C16H34N2. The number of rotatable bonds is 9. The molecule has 0 aromatic rings. The predicted molar refractivity (Wildman–Crippen MR) is 80.7 cm³/mol. The molecule has 1 aliphatic carbocycles. The van der Waals surface area contributed by atoms with E-state index in [0.29, 0.717) is 5.92 Å². The first-order valence-electron chi connectivity index (χ1n) is 8.07. The standard InChI is InChI=1S/C16H34N2/c1-14(2)10-12-18(16-8-4-5-9-16)11-6-7-15(3)13-17/h14-16H,4-13,17H2,1-3H3. The second-order valence-corrected chi connectivity index (χ2v) is 6.64. The van der Waals surface area contributed by atoms with Gasteiger partial charge in [-0.05, 0) is 63.6 Å². The van der Waals surface area contributed by atoms with E-state index < -0.39 is 0 Å². The molecule has 0 spiro atoms. The maximum Gasteiger partial charge on any atom is 0.00952 e. The molecule has 2 heteroatoms. The van der Waals surface area contributed by atoms with E-state index in [1.54, 1.807) is 0 Å². The molecule has 1 aliphatic rings. The SMILES string of the molecule is CC(C)CCN(CCCC(C)CN)C1CCCC1. The lowest BCUT2D eigenvalue weighted by atomic mass is 10.0. The molecule has 1 atom stereocenters. The van der Waals surface area contributed by atoms with Crippen LogP contribution >= 0.6 is 0 Å². The van der Waals surface area contributed by atoms with Crippen LogP contribution in [0.1, 0.15) is 65.7 Å². The first-order valence-corrected chi connectivity index (χ1v) is 8.07. The first kappa shape index (κ1) is 16.0. The molecular weight excluding hydrogens is 220 g/mol. The van der Waals surface area contributed by atoms with Crippen molar-refractivity contribution >= 4 is 0 Å². The zero-order valence-corrected chi connectivity index (χ0v) is 12.8. The summed E-state index contributed by atoms with van der Waals surface area (Å²) in [7, 11) is 0. The van der Waals surface area contributed by atoms with Crippen LogP contribution in [-0.4, -0.2) is 30.6 Å². The third-order valence-electron chi connectivity index (χ3n) is 4.38. The molecule has 0 aliphatic heterocycles. The van der Waals surface area contributed by atoms with Crippen molar-refractivity contribution in [3.05, 3.63) is 0 Å². The Labute approximate surface area is 114 Å². The summed E-state index contributed by atoms with van der Waals surface area (Å²) in [6.07, 6.45) is 9.73. The summed E-state index contributed by atoms with van der Waals surface area (Å²) in [5.74, 6) is 1.53. The van der Waals surface area contributed by atoms with Crippen LogP contribution in [0.5, 0.6) is 0 Å². The average Bonchev–Trinajstić information content (AvgIpc) is 2.86. The van der Waals surface area contributed by atoms with E-state index in [4.69, 9.17) is 5.73 Å². The van der Waals surface area contributed by atoms with Gasteiger partial charge >= 0.3 is 0 Å². The quantitative estimate of drug-likeness (QED) is 0.680. The van der Waals surface area contributed by atoms with Crippen LogP contribution in [0.4, 0.5) is 0 Å². The van der Waals surface area contributed by atoms with Gasteiger partial charge in [-0.1, -0.05) is 33.6 Å². The molecule has 2 nitrogen and oxygen atoms in total. The first-order chi connectivity index (χ1) is 8.63. The normalized spacial score (nSPS) is 19.0. The van der Waals surface area contributed by atoms with E-state index in [9.17, 15) is 0 Å². The van der Waals surface area contributed by atoms with Crippen LogP contribution < -0.4 is 5.73 Å². The molecule has 0 amide bonds. The Morgan fingerprint density at radius 1 is 1.06 bits per heavy atom. The molecule has 0 aromatic heterocycles. The van der Waals surface area contributed by atoms with Crippen molar-refractivity contribution in [2.24, 2.45) is 17.6 Å². The fourth-order valence-corrected chi connectivity index (χ4v) is 2.93. The number of hydrogen-bond donors (Lipinski definition) is 1. The number of nitrogens with zero attached hydrogens (tertiary/aromatic N) is 1. The average molecular weight is 254 g/mol. The molecule has 108 valence electrons. The van der Waals surface area contributed by atoms with Crippen LogP contribution in [0, 0.1) is 11.8 Å². The highest BCUT2D eigenvalue weighted by Gasteiger charge is 2.22. The second-order valence-electron chi connectivity index (χ2n) is 6.64. The van der Waals surface area contributed by atoms with Gasteiger partial charge in [-0.3, -0.25) is 0 Å². The maximum absolute atomic E-state index is 5.70. The summed E-state index contributed by atoms with van der Waals surface area (Å²) in [5.41, 5.74) is 5.70.